The first kappa shape index (κ1) is 26.6. The average Bonchev–Trinajstić information content (AvgIpc) is 3.27. The number of aryl methyl sites for hydroxylation is 2. The summed E-state index contributed by atoms with van der Waals surface area (Å²) in [5.74, 6) is -1.13. The van der Waals surface area contributed by atoms with Gasteiger partial charge in [0.2, 0.25) is 5.95 Å². The van der Waals surface area contributed by atoms with Crippen molar-refractivity contribution in [2.24, 2.45) is 0 Å². The number of hydrogen-bond acceptors (Lipinski definition) is 8. The number of β-amino-alcohol motifs (C(OH)–C–C–N with tert-alkyl or cyclic N) is 1. The minimum absolute atomic E-state index is 0.0508. The van der Waals surface area contributed by atoms with Crippen LogP contribution in [0.25, 0.3) is 17.1 Å². The first-order chi connectivity index (χ1) is 18.5. The second kappa shape index (κ2) is 10.3. The van der Waals surface area contributed by atoms with Gasteiger partial charge < -0.3 is 14.7 Å². The van der Waals surface area contributed by atoms with Gasteiger partial charge >= 0.3 is 0 Å². The molecule has 4 aromatic rings. The van der Waals surface area contributed by atoms with E-state index in [0.717, 1.165) is 11.8 Å². The van der Waals surface area contributed by atoms with E-state index in [1.165, 1.54) is 4.57 Å². The van der Waals surface area contributed by atoms with Crippen LogP contribution in [0.1, 0.15) is 30.3 Å². The largest absolute Gasteiger partial charge is 0.485 e. The molecule has 0 radical (unpaired) electrons. The Morgan fingerprint density at radius 2 is 1.92 bits per heavy atom. The fourth-order valence-electron chi connectivity index (χ4n) is 4.43. The Labute approximate surface area is 227 Å². The number of aliphatic hydroxyl groups is 1. The van der Waals surface area contributed by atoms with Gasteiger partial charge in [-0.1, -0.05) is 11.6 Å². The van der Waals surface area contributed by atoms with Crippen molar-refractivity contribution in [2.75, 3.05) is 18.0 Å². The van der Waals surface area contributed by atoms with Crippen LogP contribution in [-0.2, 0) is 6.61 Å². The highest BCUT2D eigenvalue weighted by molar-refractivity contribution is 6.31. The molecule has 1 fully saturated rings. The Bertz CT molecular complexity index is 1630. The van der Waals surface area contributed by atoms with Gasteiger partial charge in [-0.15, -0.1) is 0 Å². The molecule has 0 spiro atoms. The lowest BCUT2D eigenvalue weighted by Crippen LogP contribution is -2.30. The summed E-state index contributed by atoms with van der Waals surface area (Å²) < 4.78 is 34.1. The summed E-state index contributed by atoms with van der Waals surface area (Å²) in [6, 6.07) is 5.73. The third-order valence-electron chi connectivity index (χ3n) is 6.50. The van der Waals surface area contributed by atoms with Crippen LogP contribution in [0.2, 0.25) is 5.02 Å². The van der Waals surface area contributed by atoms with E-state index < -0.39 is 22.8 Å². The first-order valence-electron chi connectivity index (χ1n) is 12.1. The lowest BCUT2D eigenvalue weighted by atomic mass is 10.1. The predicted molar refractivity (Wildman–Crippen MR) is 141 cm³/mol. The van der Waals surface area contributed by atoms with Gasteiger partial charge in [-0.05, 0) is 44.9 Å². The third-order valence-corrected chi connectivity index (χ3v) is 6.85. The number of nitrogens with zero attached hydrogens (tertiary/aromatic N) is 6. The van der Waals surface area contributed by atoms with Gasteiger partial charge in [-0.25, -0.2) is 18.7 Å². The molecular weight excluding hydrogens is 530 g/mol. The molecule has 1 aliphatic rings. The van der Waals surface area contributed by atoms with E-state index >= 15 is 0 Å². The lowest BCUT2D eigenvalue weighted by molar-refractivity contribution is 0.0838. The predicted octanol–water partition coefficient (Wildman–Crippen LogP) is 4.17. The maximum absolute atomic E-state index is 14.0. The fourth-order valence-corrected chi connectivity index (χ4v) is 4.63. The minimum Gasteiger partial charge on any atom is -0.485 e. The SMILES string of the molecule is Cc1cnc(-c2ccnc(N3CCC(C)(O)C3)n2)cc1-n1c(C)cc(OCc2ncc(F)cc2F)c(Cl)c1=O. The molecule has 0 aromatic carbocycles. The van der Waals surface area contributed by atoms with Crippen LogP contribution >= 0.6 is 11.6 Å². The first-order valence-corrected chi connectivity index (χ1v) is 12.5. The number of ether oxygens (including phenoxy) is 1. The van der Waals surface area contributed by atoms with E-state index in [1.54, 1.807) is 44.4 Å². The molecule has 1 atom stereocenters. The molecule has 0 bridgehead atoms. The van der Waals surface area contributed by atoms with E-state index in [0.29, 0.717) is 54.3 Å². The normalized spacial score (nSPS) is 17.1. The van der Waals surface area contributed by atoms with Crippen molar-refractivity contribution in [3.8, 4) is 22.8 Å². The van der Waals surface area contributed by atoms with Crippen LogP contribution in [0, 0.1) is 25.5 Å². The Hall–Kier alpha value is -3.96. The topological polar surface area (TPSA) is 106 Å². The number of hydrogen-bond donors (Lipinski definition) is 1. The van der Waals surface area contributed by atoms with Gasteiger partial charge in [0.15, 0.2) is 5.82 Å². The highest BCUT2D eigenvalue weighted by Gasteiger charge is 2.32. The summed E-state index contributed by atoms with van der Waals surface area (Å²) in [6.07, 6.45) is 4.77. The standard InChI is InChI=1S/C27H25ClF2N6O3/c1-15-11-32-20(19-4-6-31-26(34-19)35-7-5-27(3,38)14-35)10-22(15)36-16(2)8-23(24(28)25(36)37)39-13-21-18(30)9-17(29)12-33-21/h4,6,8-12,38H,5,7,13-14H2,1-3H3. The number of aromatic nitrogens is 5. The summed E-state index contributed by atoms with van der Waals surface area (Å²) in [7, 11) is 0. The molecule has 1 saturated heterocycles. The number of anilines is 1. The molecule has 9 nitrogen and oxygen atoms in total. The van der Waals surface area contributed by atoms with Crippen molar-refractivity contribution in [1.29, 1.82) is 0 Å². The average molecular weight is 555 g/mol. The molecule has 0 amide bonds. The van der Waals surface area contributed by atoms with Crippen molar-refractivity contribution >= 4 is 17.5 Å². The van der Waals surface area contributed by atoms with Gasteiger partial charge in [0, 0.05) is 43.3 Å². The van der Waals surface area contributed by atoms with Gasteiger partial charge in [-0.2, -0.15) is 0 Å². The molecule has 5 rings (SSSR count). The Morgan fingerprint density at radius 3 is 2.64 bits per heavy atom. The van der Waals surface area contributed by atoms with Crippen LogP contribution in [0.3, 0.4) is 0 Å². The zero-order chi connectivity index (χ0) is 27.9. The molecule has 5 heterocycles. The van der Waals surface area contributed by atoms with E-state index in [-0.39, 0.29) is 23.1 Å². The molecule has 4 aromatic heterocycles. The quantitative estimate of drug-likeness (QED) is 0.378. The van der Waals surface area contributed by atoms with Gasteiger partial charge in [-0.3, -0.25) is 19.3 Å². The highest BCUT2D eigenvalue weighted by Crippen LogP contribution is 2.28. The molecule has 0 saturated carbocycles. The molecule has 0 aliphatic carbocycles. The van der Waals surface area contributed by atoms with Crippen LogP contribution < -0.4 is 15.2 Å². The number of halogens is 3. The summed E-state index contributed by atoms with van der Waals surface area (Å²) in [5.41, 5.74) is 1.39. The number of pyridine rings is 3. The second-order valence-corrected chi connectivity index (χ2v) is 10.1. The van der Waals surface area contributed by atoms with Crippen molar-refractivity contribution < 1.29 is 18.6 Å². The minimum atomic E-state index is -0.862. The van der Waals surface area contributed by atoms with Crippen LogP contribution in [-0.4, -0.2) is 48.3 Å². The maximum atomic E-state index is 14.0. The van der Waals surface area contributed by atoms with Crippen LogP contribution in [0.4, 0.5) is 14.7 Å². The van der Waals surface area contributed by atoms with Crippen LogP contribution in [0.15, 0.2) is 47.7 Å². The van der Waals surface area contributed by atoms with Gasteiger partial charge in [0.1, 0.15) is 28.9 Å². The molecule has 39 heavy (non-hydrogen) atoms. The molecule has 1 aliphatic heterocycles. The highest BCUT2D eigenvalue weighted by atomic mass is 35.5. The van der Waals surface area contributed by atoms with Crippen molar-refractivity contribution in [1.82, 2.24) is 24.5 Å². The number of rotatable bonds is 6. The molecule has 202 valence electrons. The Morgan fingerprint density at radius 1 is 1.13 bits per heavy atom. The summed E-state index contributed by atoms with van der Waals surface area (Å²) in [5, 5.41) is 10.1. The monoisotopic (exact) mass is 554 g/mol. The zero-order valence-electron chi connectivity index (χ0n) is 21.5. The Kier molecular flexibility index (Phi) is 7.04. The fraction of sp³-hybridized carbons (Fsp3) is 0.296. The van der Waals surface area contributed by atoms with Gasteiger partial charge in [0.25, 0.3) is 5.56 Å². The van der Waals surface area contributed by atoms with E-state index in [4.69, 9.17) is 16.3 Å². The summed E-state index contributed by atoms with van der Waals surface area (Å²) in [4.78, 5) is 32.5. The zero-order valence-corrected chi connectivity index (χ0v) is 22.2. The lowest BCUT2D eigenvalue weighted by Gasteiger charge is -2.19. The van der Waals surface area contributed by atoms with Crippen molar-refractivity contribution in [3.05, 3.63) is 86.8 Å². The summed E-state index contributed by atoms with van der Waals surface area (Å²) >= 11 is 6.38. The third kappa shape index (κ3) is 5.45. The van der Waals surface area contributed by atoms with E-state index in [9.17, 15) is 18.7 Å². The summed E-state index contributed by atoms with van der Waals surface area (Å²) in [6.45, 7) is 6.03. The van der Waals surface area contributed by atoms with Crippen molar-refractivity contribution in [3.63, 3.8) is 0 Å². The second-order valence-electron chi connectivity index (χ2n) is 9.74. The smallest absolute Gasteiger partial charge is 0.277 e. The van der Waals surface area contributed by atoms with E-state index in [2.05, 4.69) is 19.9 Å². The van der Waals surface area contributed by atoms with Crippen LogP contribution in [0.5, 0.6) is 5.75 Å². The van der Waals surface area contributed by atoms with E-state index in [1.807, 2.05) is 11.8 Å². The molecular formula is C27H25ClF2N6O3. The van der Waals surface area contributed by atoms with Crippen molar-refractivity contribution in [2.45, 2.75) is 39.4 Å². The maximum Gasteiger partial charge on any atom is 0.277 e. The molecule has 1 N–H and O–H groups in total. The molecule has 12 heteroatoms. The Balaban J connectivity index is 1.46. The molecule has 1 unspecified atom stereocenters. The van der Waals surface area contributed by atoms with Gasteiger partial charge in [0.05, 0.1) is 28.9 Å².